The minimum atomic E-state index is -0.0712. The molecule has 0 atom stereocenters. The fourth-order valence-electron chi connectivity index (χ4n) is 7.10. The molecule has 5 aliphatic rings. The predicted octanol–water partition coefficient (Wildman–Crippen LogP) is 5.25. The molecule has 0 spiro atoms. The molecule has 0 aromatic heterocycles. The van der Waals surface area contributed by atoms with Crippen LogP contribution in [0.5, 0.6) is 0 Å². The highest BCUT2D eigenvalue weighted by Gasteiger charge is 2.54. The monoisotopic (exact) mass is 477 g/mol. The van der Waals surface area contributed by atoms with Crippen molar-refractivity contribution >= 4 is 35.1 Å². The third kappa shape index (κ3) is 4.61. The first-order valence-corrected chi connectivity index (χ1v) is 12.9. The third-order valence-corrected chi connectivity index (χ3v) is 9.01. The lowest BCUT2D eigenvalue weighted by atomic mass is 9.49. The number of hydrogen-bond acceptors (Lipinski definition) is 2. The van der Waals surface area contributed by atoms with Crippen LogP contribution in [-0.2, 0) is 11.3 Å². The van der Waals surface area contributed by atoms with E-state index in [1.165, 1.54) is 19.3 Å². The van der Waals surface area contributed by atoms with Crippen molar-refractivity contribution in [3.8, 4) is 0 Å². The van der Waals surface area contributed by atoms with Gasteiger partial charge in [-0.05, 0) is 92.7 Å². The molecule has 1 aromatic carbocycles. The number of carbonyl (C=O) groups is 2. The van der Waals surface area contributed by atoms with Gasteiger partial charge in [0.05, 0.1) is 0 Å². The number of nitrogens with zero attached hydrogens (tertiary/aromatic N) is 1. The van der Waals surface area contributed by atoms with Crippen molar-refractivity contribution in [1.29, 1.82) is 0 Å². The van der Waals surface area contributed by atoms with Crippen LogP contribution in [-0.4, -0.2) is 36.5 Å². The zero-order valence-electron chi connectivity index (χ0n) is 18.5. The van der Waals surface area contributed by atoms with Crippen LogP contribution in [0.15, 0.2) is 18.2 Å². The zero-order chi connectivity index (χ0) is 22.3. The second-order valence-corrected chi connectivity index (χ2v) is 11.6. The van der Waals surface area contributed by atoms with Gasteiger partial charge in [0.1, 0.15) is 0 Å². The summed E-state index contributed by atoms with van der Waals surface area (Å²) in [5, 5.41) is 7.43. The number of likely N-dealkylation sites (tertiary alicyclic amines) is 1. The van der Waals surface area contributed by atoms with E-state index in [4.69, 9.17) is 23.2 Å². The first-order valence-electron chi connectivity index (χ1n) is 12.2. The van der Waals surface area contributed by atoms with Gasteiger partial charge >= 0.3 is 6.03 Å². The second-order valence-electron chi connectivity index (χ2n) is 10.7. The van der Waals surface area contributed by atoms with Gasteiger partial charge in [0.2, 0.25) is 5.91 Å². The van der Waals surface area contributed by atoms with Gasteiger partial charge in [0, 0.05) is 41.6 Å². The van der Waals surface area contributed by atoms with E-state index in [2.05, 4.69) is 10.6 Å². The molecule has 5 fully saturated rings. The molecule has 4 aliphatic carbocycles. The van der Waals surface area contributed by atoms with E-state index in [1.54, 1.807) is 12.1 Å². The Bertz CT molecular complexity index is 847. The van der Waals surface area contributed by atoms with Crippen molar-refractivity contribution in [3.63, 3.8) is 0 Å². The summed E-state index contributed by atoms with van der Waals surface area (Å²) in [6, 6.07) is 5.24. The highest BCUT2D eigenvalue weighted by atomic mass is 35.5. The minimum Gasteiger partial charge on any atom is -0.355 e. The van der Waals surface area contributed by atoms with Gasteiger partial charge in [-0.15, -0.1) is 0 Å². The fourth-order valence-corrected chi connectivity index (χ4v) is 7.58. The van der Waals surface area contributed by atoms with Crippen LogP contribution in [0.2, 0.25) is 10.0 Å². The van der Waals surface area contributed by atoms with Gasteiger partial charge in [-0.2, -0.15) is 0 Å². The summed E-state index contributed by atoms with van der Waals surface area (Å²) < 4.78 is 0. The Morgan fingerprint density at radius 2 is 1.59 bits per heavy atom. The lowest BCUT2D eigenvalue weighted by Gasteiger charge is -2.55. The van der Waals surface area contributed by atoms with E-state index >= 15 is 0 Å². The van der Waals surface area contributed by atoms with E-state index in [-0.39, 0.29) is 11.4 Å². The Hall–Kier alpha value is -1.46. The number of nitrogens with one attached hydrogen (secondary N) is 2. The van der Waals surface area contributed by atoms with Crippen LogP contribution in [0.25, 0.3) is 0 Å². The summed E-state index contributed by atoms with van der Waals surface area (Å²) in [4.78, 5) is 27.6. The molecule has 4 bridgehead atoms. The number of halogens is 2. The van der Waals surface area contributed by atoms with Crippen molar-refractivity contribution in [2.24, 2.45) is 29.1 Å². The summed E-state index contributed by atoms with van der Waals surface area (Å²) in [6.45, 7) is 2.57. The van der Waals surface area contributed by atoms with E-state index in [0.717, 1.165) is 75.1 Å². The van der Waals surface area contributed by atoms with Gasteiger partial charge in [0.25, 0.3) is 0 Å². The molecule has 0 unspecified atom stereocenters. The number of urea groups is 1. The van der Waals surface area contributed by atoms with E-state index in [1.807, 2.05) is 11.0 Å². The molecule has 7 heteroatoms. The van der Waals surface area contributed by atoms with Gasteiger partial charge in [0.15, 0.2) is 0 Å². The Morgan fingerprint density at radius 1 is 0.969 bits per heavy atom. The Morgan fingerprint density at radius 3 is 2.19 bits per heavy atom. The maximum absolute atomic E-state index is 13.2. The Balaban J connectivity index is 1.05. The van der Waals surface area contributed by atoms with Gasteiger partial charge < -0.3 is 15.5 Å². The largest absolute Gasteiger partial charge is 0.355 e. The smallest absolute Gasteiger partial charge is 0.317 e. The molecule has 0 radical (unpaired) electrons. The molecule has 6 rings (SSSR count). The number of rotatable bonds is 5. The summed E-state index contributed by atoms with van der Waals surface area (Å²) in [6.07, 6.45) is 9.27. The summed E-state index contributed by atoms with van der Waals surface area (Å²) in [5.41, 5.74) is 0.782. The van der Waals surface area contributed by atoms with Crippen LogP contribution in [0.4, 0.5) is 4.79 Å². The molecule has 174 valence electrons. The summed E-state index contributed by atoms with van der Waals surface area (Å²) in [5.74, 6) is 3.13. The molecule has 1 aromatic rings. The topological polar surface area (TPSA) is 61.4 Å². The number of benzene rings is 1. The average Bonchev–Trinajstić information content (AvgIpc) is 2.76. The number of piperidine rings is 1. The number of amides is 3. The van der Waals surface area contributed by atoms with Crippen LogP contribution in [0.1, 0.15) is 56.9 Å². The quantitative estimate of drug-likeness (QED) is 0.608. The normalized spacial score (nSPS) is 31.6. The molecule has 2 N–H and O–H groups in total. The second kappa shape index (κ2) is 9.06. The van der Waals surface area contributed by atoms with Crippen molar-refractivity contribution in [2.75, 3.05) is 19.6 Å². The highest BCUT2D eigenvalue weighted by Crippen LogP contribution is 2.60. The molecular formula is C25H33Cl2N3O2. The molecule has 1 aliphatic heterocycles. The van der Waals surface area contributed by atoms with E-state index in [0.29, 0.717) is 28.4 Å². The van der Waals surface area contributed by atoms with Crippen molar-refractivity contribution < 1.29 is 9.59 Å². The molecule has 4 saturated carbocycles. The predicted molar refractivity (Wildman–Crippen MR) is 127 cm³/mol. The fraction of sp³-hybridized carbons (Fsp3) is 0.680. The van der Waals surface area contributed by atoms with Crippen LogP contribution >= 0.6 is 23.2 Å². The van der Waals surface area contributed by atoms with Gasteiger partial charge in [-0.25, -0.2) is 4.79 Å². The standard InChI is InChI=1S/C25H33Cl2N3O2/c26-21-2-1-20(22(27)10-21)15-29-24(32)30-5-3-16(4-6-30)14-28-23(31)25-11-17-7-18(12-25)9-19(8-17)13-25/h1-2,10,16-19H,3-9,11-15H2,(H,28,31)(H,29,32). The lowest BCUT2D eigenvalue weighted by molar-refractivity contribution is -0.146. The zero-order valence-corrected chi connectivity index (χ0v) is 20.1. The van der Waals surface area contributed by atoms with E-state index in [9.17, 15) is 9.59 Å². The van der Waals surface area contributed by atoms with E-state index < -0.39 is 0 Å². The first-order chi connectivity index (χ1) is 15.4. The first kappa shape index (κ1) is 22.3. The Labute approximate surface area is 200 Å². The highest BCUT2D eigenvalue weighted by molar-refractivity contribution is 6.35. The molecule has 1 saturated heterocycles. The Kier molecular flexibility index (Phi) is 6.32. The van der Waals surface area contributed by atoms with Crippen molar-refractivity contribution in [2.45, 2.75) is 57.9 Å². The van der Waals surface area contributed by atoms with Crippen LogP contribution in [0, 0.1) is 29.1 Å². The molecule has 32 heavy (non-hydrogen) atoms. The lowest BCUT2D eigenvalue weighted by Crippen LogP contribution is -2.54. The average molecular weight is 478 g/mol. The summed E-state index contributed by atoms with van der Waals surface area (Å²) in [7, 11) is 0. The number of hydrogen-bond donors (Lipinski definition) is 2. The SMILES string of the molecule is O=C(NCc1ccc(Cl)cc1Cl)N1CCC(CNC(=O)C23CC4CC(CC(C4)C2)C3)CC1. The number of carbonyl (C=O) groups excluding carboxylic acids is 2. The molecule has 5 nitrogen and oxygen atoms in total. The van der Waals surface area contributed by atoms with Gasteiger partial charge in [-0.3, -0.25) is 4.79 Å². The summed E-state index contributed by atoms with van der Waals surface area (Å²) >= 11 is 12.1. The maximum atomic E-state index is 13.2. The maximum Gasteiger partial charge on any atom is 0.317 e. The van der Waals surface area contributed by atoms with Gasteiger partial charge in [-0.1, -0.05) is 29.3 Å². The minimum absolute atomic E-state index is 0.0629. The molecule has 3 amide bonds. The van der Waals surface area contributed by atoms with Crippen molar-refractivity contribution in [3.05, 3.63) is 33.8 Å². The van der Waals surface area contributed by atoms with Crippen molar-refractivity contribution in [1.82, 2.24) is 15.5 Å². The van der Waals surface area contributed by atoms with Crippen LogP contribution < -0.4 is 10.6 Å². The molecule has 1 heterocycles. The van der Waals surface area contributed by atoms with Crippen LogP contribution in [0.3, 0.4) is 0 Å². The third-order valence-electron chi connectivity index (χ3n) is 8.42. The molecular weight excluding hydrogens is 445 g/mol.